The van der Waals surface area contributed by atoms with Gasteiger partial charge < -0.3 is 10.0 Å². The van der Waals surface area contributed by atoms with Crippen molar-refractivity contribution in [3.05, 3.63) is 47.7 Å². The molecule has 8 nitrogen and oxygen atoms in total. The minimum atomic E-state index is -3.88. The van der Waals surface area contributed by atoms with Crippen LogP contribution in [-0.2, 0) is 10.0 Å². The van der Waals surface area contributed by atoms with Crippen molar-refractivity contribution in [2.24, 2.45) is 0 Å². The van der Waals surface area contributed by atoms with Crippen molar-refractivity contribution in [1.29, 1.82) is 0 Å². The Hall–Kier alpha value is -2.65. The lowest BCUT2D eigenvalue weighted by Crippen LogP contribution is -2.49. The standard InChI is InChI=1S/C20H26N4O4S/c1-14(2)23-7-9-24(10-8-23)19-18(12-16(13-21-19)20(25)26)22-29(27,28)17-6-4-5-15(3)11-17/h4-6,11-14,22H,7-10H2,1-3H3,(H,25,26). The second-order valence-electron chi connectivity index (χ2n) is 7.44. The van der Waals surface area contributed by atoms with Crippen LogP contribution in [0.4, 0.5) is 11.5 Å². The van der Waals surface area contributed by atoms with Crippen LogP contribution in [0.3, 0.4) is 0 Å². The molecule has 1 aromatic carbocycles. The topological polar surface area (TPSA) is 103 Å². The van der Waals surface area contributed by atoms with Gasteiger partial charge in [-0.15, -0.1) is 0 Å². The molecule has 1 aliphatic rings. The highest BCUT2D eigenvalue weighted by Crippen LogP contribution is 2.28. The number of piperazine rings is 1. The quantitative estimate of drug-likeness (QED) is 0.743. The molecular formula is C20H26N4O4S. The summed E-state index contributed by atoms with van der Waals surface area (Å²) in [5, 5.41) is 9.32. The molecule has 0 amide bonds. The normalized spacial score (nSPS) is 15.5. The van der Waals surface area contributed by atoms with Gasteiger partial charge in [0.25, 0.3) is 10.0 Å². The summed E-state index contributed by atoms with van der Waals surface area (Å²) in [4.78, 5) is 20.1. The lowest BCUT2D eigenvalue weighted by atomic mass is 10.2. The van der Waals surface area contributed by atoms with Gasteiger partial charge in [0.2, 0.25) is 0 Å². The Morgan fingerprint density at radius 3 is 2.45 bits per heavy atom. The van der Waals surface area contributed by atoms with E-state index < -0.39 is 16.0 Å². The smallest absolute Gasteiger partial charge is 0.337 e. The van der Waals surface area contributed by atoms with E-state index in [-0.39, 0.29) is 16.1 Å². The molecule has 1 fully saturated rings. The fourth-order valence-corrected chi connectivity index (χ4v) is 4.49. The van der Waals surface area contributed by atoms with Crippen LogP contribution in [0.25, 0.3) is 0 Å². The predicted octanol–water partition coefficient (Wildman–Crippen LogP) is 2.42. The molecule has 2 N–H and O–H groups in total. The molecule has 156 valence electrons. The van der Waals surface area contributed by atoms with E-state index in [0.717, 1.165) is 18.7 Å². The summed E-state index contributed by atoms with van der Waals surface area (Å²) in [6.45, 7) is 9.08. The van der Waals surface area contributed by atoms with E-state index in [1.165, 1.54) is 18.3 Å². The number of aryl methyl sites for hydroxylation is 1. The fourth-order valence-electron chi connectivity index (χ4n) is 3.34. The number of hydrogen-bond donors (Lipinski definition) is 2. The maximum atomic E-state index is 12.9. The van der Waals surface area contributed by atoms with Crippen LogP contribution in [0.5, 0.6) is 0 Å². The lowest BCUT2D eigenvalue weighted by molar-refractivity contribution is 0.0696. The number of aromatic carboxylic acids is 1. The number of sulfonamides is 1. The third-order valence-corrected chi connectivity index (χ3v) is 6.37. The maximum absolute atomic E-state index is 12.9. The van der Waals surface area contributed by atoms with Gasteiger partial charge in [-0.3, -0.25) is 9.62 Å². The molecule has 2 heterocycles. The second kappa shape index (κ2) is 8.38. The van der Waals surface area contributed by atoms with E-state index >= 15 is 0 Å². The molecule has 0 bridgehead atoms. The Morgan fingerprint density at radius 1 is 1.17 bits per heavy atom. The van der Waals surface area contributed by atoms with E-state index in [4.69, 9.17) is 0 Å². The number of anilines is 2. The first kappa shape index (κ1) is 21.1. The van der Waals surface area contributed by atoms with Gasteiger partial charge in [0.1, 0.15) is 0 Å². The predicted molar refractivity (Wildman–Crippen MR) is 112 cm³/mol. The molecule has 0 aliphatic carbocycles. The zero-order valence-corrected chi connectivity index (χ0v) is 17.6. The number of aromatic nitrogens is 1. The molecule has 29 heavy (non-hydrogen) atoms. The number of rotatable bonds is 6. The zero-order valence-electron chi connectivity index (χ0n) is 16.8. The van der Waals surface area contributed by atoms with Crippen LogP contribution in [0.1, 0.15) is 29.8 Å². The number of nitrogens with zero attached hydrogens (tertiary/aromatic N) is 3. The molecule has 1 saturated heterocycles. The molecule has 2 aromatic rings. The minimum absolute atomic E-state index is 0.0727. The largest absolute Gasteiger partial charge is 0.478 e. The maximum Gasteiger partial charge on any atom is 0.337 e. The van der Waals surface area contributed by atoms with Crippen LogP contribution in [0.2, 0.25) is 0 Å². The van der Waals surface area contributed by atoms with Crippen molar-refractivity contribution in [3.63, 3.8) is 0 Å². The summed E-state index contributed by atoms with van der Waals surface area (Å²) in [6.07, 6.45) is 1.26. The van der Waals surface area contributed by atoms with Crippen LogP contribution >= 0.6 is 0 Å². The van der Waals surface area contributed by atoms with Crippen molar-refractivity contribution < 1.29 is 18.3 Å². The van der Waals surface area contributed by atoms with E-state index in [9.17, 15) is 18.3 Å². The molecular weight excluding hydrogens is 392 g/mol. The van der Waals surface area contributed by atoms with Crippen molar-refractivity contribution in [1.82, 2.24) is 9.88 Å². The lowest BCUT2D eigenvalue weighted by Gasteiger charge is -2.38. The van der Waals surface area contributed by atoms with Crippen LogP contribution in [0, 0.1) is 6.92 Å². The summed E-state index contributed by atoms with van der Waals surface area (Å²) in [5.74, 6) is -0.723. The first-order valence-electron chi connectivity index (χ1n) is 9.49. The molecule has 0 spiro atoms. The van der Waals surface area contributed by atoms with Gasteiger partial charge in [0.15, 0.2) is 5.82 Å². The summed E-state index contributed by atoms with van der Waals surface area (Å²) in [5.41, 5.74) is 0.913. The van der Waals surface area contributed by atoms with Crippen LogP contribution in [0.15, 0.2) is 41.4 Å². The summed E-state index contributed by atoms with van der Waals surface area (Å²) >= 11 is 0. The Balaban J connectivity index is 1.94. The average molecular weight is 419 g/mol. The van der Waals surface area contributed by atoms with Gasteiger partial charge in [-0.05, 0) is 44.5 Å². The van der Waals surface area contributed by atoms with Crippen LogP contribution < -0.4 is 9.62 Å². The van der Waals surface area contributed by atoms with Crippen molar-refractivity contribution >= 4 is 27.5 Å². The molecule has 0 unspecified atom stereocenters. The van der Waals surface area contributed by atoms with Crippen LogP contribution in [-0.4, -0.2) is 61.6 Å². The van der Waals surface area contributed by atoms with Gasteiger partial charge >= 0.3 is 5.97 Å². The molecule has 0 radical (unpaired) electrons. The SMILES string of the molecule is Cc1cccc(S(=O)(=O)Nc2cc(C(=O)O)cnc2N2CCN(C(C)C)CC2)c1. The van der Waals surface area contributed by atoms with E-state index in [0.29, 0.717) is 24.9 Å². The molecule has 1 aromatic heterocycles. The number of carbonyl (C=O) groups is 1. The molecule has 3 rings (SSSR count). The van der Waals surface area contributed by atoms with Gasteiger partial charge in [-0.25, -0.2) is 18.2 Å². The molecule has 1 aliphatic heterocycles. The van der Waals surface area contributed by atoms with Crippen molar-refractivity contribution in [2.45, 2.75) is 31.7 Å². The minimum Gasteiger partial charge on any atom is -0.478 e. The molecule has 9 heteroatoms. The summed E-state index contributed by atoms with van der Waals surface area (Å²) in [7, 11) is -3.88. The number of pyridine rings is 1. The number of nitrogens with one attached hydrogen (secondary N) is 1. The zero-order chi connectivity index (χ0) is 21.2. The third kappa shape index (κ3) is 4.86. The number of carboxylic acids is 1. The Morgan fingerprint density at radius 2 is 1.86 bits per heavy atom. The molecule has 0 atom stereocenters. The summed E-state index contributed by atoms with van der Waals surface area (Å²) in [6, 6.07) is 8.31. The van der Waals surface area contributed by atoms with Gasteiger partial charge in [-0.2, -0.15) is 0 Å². The van der Waals surface area contributed by atoms with Crippen molar-refractivity contribution in [2.75, 3.05) is 35.8 Å². The fraction of sp³-hybridized carbons (Fsp3) is 0.400. The van der Waals surface area contributed by atoms with E-state index in [1.54, 1.807) is 12.1 Å². The Kier molecular flexibility index (Phi) is 6.09. The van der Waals surface area contributed by atoms with E-state index in [1.807, 2.05) is 17.9 Å². The first-order chi connectivity index (χ1) is 13.7. The number of hydrogen-bond acceptors (Lipinski definition) is 6. The van der Waals surface area contributed by atoms with Gasteiger partial charge in [0, 0.05) is 38.4 Å². The molecule has 0 saturated carbocycles. The summed E-state index contributed by atoms with van der Waals surface area (Å²) < 4.78 is 28.3. The Labute approximate surface area is 171 Å². The third-order valence-electron chi connectivity index (χ3n) is 5.00. The second-order valence-corrected chi connectivity index (χ2v) is 9.12. The monoisotopic (exact) mass is 418 g/mol. The van der Waals surface area contributed by atoms with E-state index in [2.05, 4.69) is 28.5 Å². The van der Waals surface area contributed by atoms with Gasteiger partial charge in [0.05, 0.1) is 16.1 Å². The number of benzene rings is 1. The highest BCUT2D eigenvalue weighted by atomic mass is 32.2. The first-order valence-corrected chi connectivity index (χ1v) is 11.0. The van der Waals surface area contributed by atoms with Crippen molar-refractivity contribution in [3.8, 4) is 0 Å². The average Bonchev–Trinajstić information content (AvgIpc) is 2.67. The number of carboxylic acid groups (broad SMARTS) is 1. The van der Waals surface area contributed by atoms with Gasteiger partial charge in [-0.1, -0.05) is 12.1 Å². The Bertz CT molecular complexity index is 999. The highest BCUT2D eigenvalue weighted by Gasteiger charge is 2.25. The highest BCUT2D eigenvalue weighted by molar-refractivity contribution is 7.92.